The predicted octanol–water partition coefficient (Wildman–Crippen LogP) is 2.30. The van der Waals surface area contributed by atoms with E-state index < -0.39 is 16.9 Å². The van der Waals surface area contributed by atoms with Gasteiger partial charge < -0.3 is 14.3 Å². The van der Waals surface area contributed by atoms with Crippen molar-refractivity contribution >= 4 is 16.9 Å². The number of hydrogen-bond acceptors (Lipinski definition) is 3. The van der Waals surface area contributed by atoms with Crippen molar-refractivity contribution in [1.82, 2.24) is 0 Å². The molecule has 0 aromatic rings. The van der Waals surface area contributed by atoms with Crippen LogP contribution in [0.15, 0.2) is 0 Å². The molecule has 0 saturated heterocycles. The Hall–Kier alpha value is 0.314. The fourth-order valence-corrected chi connectivity index (χ4v) is 9.34. The first-order valence-corrected chi connectivity index (χ1v) is 11.3. The largest absolute Gasteiger partial charge is 0.436 e. The van der Waals surface area contributed by atoms with E-state index in [1.165, 1.54) is 0 Å². The summed E-state index contributed by atoms with van der Waals surface area (Å²) in [5.41, 5.74) is 5.50. The third-order valence-corrected chi connectivity index (χ3v) is 8.72. The molecule has 0 fully saturated rings. The average molecular weight is 235 g/mol. The maximum absolute atomic E-state index is 6.17. The van der Waals surface area contributed by atoms with E-state index in [4.69, 9.17) is 14.3 Å². The highest BCUT2D eigenvalue weighted by Gasteiger charge is 2.33. The van der Waals surface area contributed by atoms with Crippen molar-refractivity contribution in [1.29, 1.82) is 0 Å². The highest BCUT2D eigenvalue weighted by molar-refractivity contribution is 6.82. The van der Waals surface area contributed by atoms with Crippen LogP contribution in [0, 0.1) is 0 Å². The fraction of sp³-hybridized carbons (Fsp3) is 1.00. The van der Waals surface area contributed by atoms with E-state index in [2.05, 4.69) is 26.2 Å². The van der Waals surface area contributed by atoms with E-state index >= 15 is 0 Å². The maximum Gasteiger partial charge on any atom is 0.321 e. The highest BCUT2D eigenvalue weighted by atomic mass is 28.4. The minimum Gasteiger partial charge on any atom is -0.436 e. The van der Waals surface area contributed by atoms with Crippen molar-refractivity contribution in [2.24, 2.45) is 5.73 Å². The molecule has 5 heteroatoms. The molecular formula is C9H25NO2Si2. The van der Waals surface area contributed by atoms with Crippen LogP contribution in [-0.2, 0) is 8.54 Å². The van der Waals surface area contributed by atoms with Gasteiger partial charge in [-0.05, 0) is 52.1 Å². The summed E-state index contributed by atoms with van der Waals surface area (Å²) in [4.78, 5) is 0. The second-order valence-electron chi connectivity index (χ2n) is 4.59. The van der Waals surface area contributed by atoms with Gasteiger partial charge in [-0.3, -0.25) is 0 Å². The van der Waals surface area contributed by atoms with Crippen LogP contribution in [0.1, 0.15) is 13.3 Å². The molecule has 0 aromatic carbocycles. The lowest BCUT2D eigenvalue weighted by molar-refractivity contribution is 0.260. The molecule has 0 rings (SSSR count). The van der Waals surface area contributed by atoms with Crippen molar-refractivity contribution in [3.05, 3.63) is 0 Å². The van der Waals surface area contributed by atoms with Gasteiger partial charge in [-0.15, -0.1) is 0 Å². The van der Waals surface area contributed by atoms with Crippen LogP contribution < -0.4 is 5.73 Å². The van der Waals surface area contributed by atoms with Crippen LogP contribution >= 0.6 is 0 Å². The van der Waals surface area contributed by atoms with E-state index in [1.807, 2.05) is 6.92 Å². The summed E-state index contributed by atoms with van der Waals surface area (Å²) in [6.45, 7) is 12.3. The minimum absolute atomic E-state index is 0.751. The number of hydrogen-bond donors (Lipinski definition) is 1. The summed E-state index contributed by atoms with van der Waals surface area (Å²) in [5, 5.41) is 0. The molecule has 0 saturated carbocycles. The molecule has 0 amide bonds. The van der Waals surface area contributed by atoms with Gasteiger partial charge >= 0.3 is 8.56 Å². The van der Waals surface area contributed by atoms with E-state index in [1.54, 1.807) is 0 Å². The highest BCUT2D eigenvalue weighted by Crippen LogP contribution is 2.20. The van der Waals surface area contributed by atoms with Crippen LogP contribution in [-0.4, -0.2) is 30.0 Å². The van der Waals surface area contributed by atoms with Crippen molar-refractivity contribution < 1.29 is 8.54 Å². The zero-order valence-corrected chi connectivity index (χ0v) is 12.2. The van der Waals surface area contributed by atoms with Crippen molar-refractivity contribution in [3.8, 4) is 0 Å². The molecular weight excluding hydrogens is 210 g/mol. The van der Waals surface area contributed by atoms with Gasteiger partial charge in [0.25, 0.3) is 0 Å². The Morgan fingerprint density at radius 2 is 1.71 bits per heavy atom. The summed E-state index contributed by atoms with van der Waals surface area (Å²) >= 11 is 0. The molecule has 0 aliphatic carbocycles. The van der Waals surface area contributed by atoms with Gasteiger partial charge in [0.2, 0.25) is 0 Å². The Labute approximate surface area is 90.4 Å². The molecule has 0 aromatic heterocycles. The Morgan fingerprint density at radius 1 is 1.14 bits per heavy atom. The lowest BCUT2D eigenvalue weighted by Crippen LogP contribution is -2.46. The topological polar surface area (TPSA) is 44.5 Å². The summed E-state index contributed by atoms with van der Waals surface area (Å²) in [7, 11) is -3.41. The molecule has 0 spiro atoms. The summed E-state index contributed by atoms with van der Waals surface area (Å²) < 4.78 is 11.8. The molecule has 0 bridgehead atoms. The predicted molar refractivity (Wildman–Crippen MR) is 66.2 cm³/mol. The molecule has 14 heavy (non-hydrogen) atoms. The first kappa shape index (κ1) is 14.3. The first-order valence-electron chi connectivity index (χ1n) is 5.37. The van der Waals surface area contributed by atoms with Crippen molar-refractivity contribution in [2.75, 3.05) is 13.2 Å². The van der Waals surface area contributed by atoms with Crippen LogP contribution in [0.3, 0.4) is 0 Å². The molecule has 0 aliphatic heterocycles. The zero-order valence-electron chi connectivity index (χ0n) is 10.2. The van der Waals surface area contributed by atoms with Crippen LogP contribution in [0.4, 0.5) is 0 Å². The van der Waals surface area contributed by atoms with E-state index in [0.717, 1.165) is 25.6 Å². The SMILES string of the molecule is CCO[Si](C)(C)O[Si](C)(C)CCCN. The van der Waals surface area contributed by atoms with Gasteiger partial charge in [-0.1, -0.05) is 0 Å². The minimum atomic E-state index is -1.87. The molecule has 86 valence electrons. The third-order valence-electron chi connectivity index (χ3n) is 2.00. The maximum atomic E-state index is 6.17. The second-order valence-corrected chi connectivity index (χ2v) is 12.5. The van der Waals surface area contributed by atoms with Crippen molar-refractivity contribution in [2.45, 2.75) is 45.6 Å². The molecule has 0 radical (unpaired) electrons. The molecule has 0 atom stereocenters. The smallest absolute Gasteiger partial charge is 0.321 e. The third kappa shape index (κ3) is 6.72. The van der Waals surface area contributed by atoms with E-state index in [9.17, 15) is 0 Å². The van der Waals surface area contributed by atoms with E-state index in [0.29, 0.717) is 0 Å². The van der Waals surface area contributed by atoms with E-state index in [-0.39, 0.29) is 0 Å². The van der Waals surface area contributed by atoms with Gasteiger partial charge in [-0.2, -0.15) is 0 Å². The Kier molecular flexibility index (Phi) is 6.15. The van der Waals surface area contributed by atoms with Crippen LogP contribution in [0.25, 0.3) is 0 Å². The Morgan fingerprint density at radius 3 is 2.14 bits per heavy atom. The summed E-state index contributed by atoms with van der Waals surface area (Å²) in [6, 6.07) is 1.13. The Bertz CT molecular complexity index is 163. The van der Waals surface area contributed by atoms with Crippen molar-refractivity contribution in [3.63, 3.8) is 0 Å². The van der Waals surface area contributed by atoms with Gasteiger partial charge in [0, 0.05) is 6.61 Å². The second kappa shape index (κ2) is 6.02. The Balaban J connectivity index is 4.05. The van der Waals surface area contributed by atoms with Gasteiger partial charge in [-0.25, -0.2) is 0 Å². The monoisotopic (exact) mass is 235 g/mol. The summed E-state index contributed by atoms with van der Waals surface area (Å²) in [5.74, 6) is 0. The molecule has 2 N–H and O–H groups in total. The molecule has 0 heterocycles. The number of rotatable bonds is 7. The summed E-state index contributed by atoms with van der Waals surface area (Å²) in [6.07, 6.45) is 1.07. The van der Waals surface area contributed by atoms with Gasteiger partial charge in [0.1, 0.15) is 0 Å². The lowest BCUT2D eigenvalue weighted by Gasteiger charge is -2.33. The van der Waals surface area contributed by atoms with Gasteiger partial charge in [0.15, 0.2) is 8.32 Å². The quantitative estimate of drug-likeness (QED) is 0.689. The molecule has 3 nitrogen and oxygen atoms in total. The standard InChI is InChI=1S/C9H25NO2Si2/c1-6-11-14(4,5)12-13(2,3)9-7-8-10/h6-10H2,1-5H3. The van der Waals surface area contributed by atoms with Gasteiger partial charge in [0.05, 0.1) is 0 Å². The lowest BCUT2D eigenvalue weighted by atomic mass is 10.5. The van der Waals surface area contributed by atoms with Crippen LogP contribution in [0.5, 0.6) is 0 Å². The average Bonchev–Trinajstić information content (AvgIpc) is 1.98. The fourth-order valence-electron chi connectivity index (χ4n) is 1.62. The zero-order chi connectivity index (χ0) is 11.2. The normalized spacial score (nSPS) is 13.3. The molecule has 0 unspecified atom stereocenters. The molecule has 0 aliphatic rings. The first-order chi connectivity index (χ1) is 6.33. The van der Waals surface area contributed by atoms with Crippen LogP contribution in [0.2, 0.25) is 32.2 Å². The number of nitrogens with two attached hydrogens (primary N) is 1.